The number of carbonyl (C=O) groups excluding carboxylic acids is 2. The summed E-state index contributed by atoms with van der Waals surface area (Å²) in [5, 5.41) is 11.7. The largest absolute Gasteiger partial charge is 0.507 e. The number of halogens is 1. The van der Waals surface area contributed by atoms with E-state index in [9.17, 15) is 14.7 Å². The Bertz CT molecular complexity index is 1250. The Morgan fingerprint density at radius 3 is 2.21 bits per heavy atom. The molecule has 1 aliphatic heterocycles. The number of nitrogens with zero attached hydrogens (tertiary/aromatic N) is 2. The molecule has 6 heteroatoms. The number of aryl methyl sites for hydroxylation is 1. The molecule has 1 heterocycles. The second-order valence-corrected chi connectivity index (χ2v) is 8.72. The van der Waals surface area contributed by atoms with Gasteiger partial charge in [-0.15, -0.1) is 0 Å². The molecule has 1 fully saturated rings. The molecule has 0 radical (unpaired) electrons. The van der Waals surface area contributed by atoms with E-state index in [1.54, 1.807) is 30.3 Å². The van der Waals surface area contributed by atoms with Crippen LogP contribution in [0.15, 0.2) is 78.4 Å². The summed E-state index contributed by atoms with van der Waals surface area (Å²) in [5.74, 6) is -1.60. The molecule has 0 aliphatic carbocycles. The van der Waals surface area contributed by atoms with E-state index >= 15 is 0 Å². The predicted molar refractivity (Wildman–Crippen MR) is 137 cm³/mol. The van der Waals surface area contributed by atoms with Crippen molar-refractivity contribution in [2.24, 2.45) is 0 Å². The van der Waals surface area contributed by atoms with Crippen molar-refractivity contribution in [3.05, 3.63) is 100 Å². The van der Waals surface area contributed by atoms with Crippen LogP contribution in [0.5, 0.6) is 0 Å². The van der Waals surface area contributed by atoms with Crippen LogP contribution in [0, 0.1) is 6.92 Å². The van der Waals surface area contributed by atoms with Gasteiger partial charge in [-0.2, -0.15) is 0 Å². The summed E-state index contributed by atoms with van der Waals surface area (Å²) in [6.07, 6.45) is 0. The number of rotatable bonds is 6. The Labute approximate surface area is 204 Å². The van der Waals surface area contributed by atoms with Crippen molar-refractivity contribution < 1.29 is 14.7 Å². The summed E-state index contributed by atoms with van der Waals surface area (Å²) in [4.78, 5) is 30.2. The molecule has 174 valence electrons. The molecule has 34 heavy (non-hydrogen) atoms. The first-order valence-electron chi connectivity index (χ1n) is 11.3. The van der Waals surface area contributed by atoms with Gasteiger partial charge < -0.3 is 10.0 Å². The van der Waals surface area contributed by atoms with Crippen molar-refractivity contribution in [1.29, 1.82) is 0 Å². The fourth-order valence-corrected chi connectivity index (χ4v) is 4.54. The lowest BCUT2D eigenvalue weighted by atomic mass is 9.94. The number of hydrogen-bond donors (Lipinski definition) is 1. The highest BCUT2D eigenvalue weighted by Gasteiger charge is 2.47. The van der Waals surface area contributed by atoms with Gasteiger partial charge in [-0.25, -0.2) is 0 Å². The summed E-state index contributed by atoms with van der Waals surface area (Å²) in [6, 6.07) is 21.1. The smallest absolute Gasteiger partial charge is 0.300 e. The summed E-state index contributed by atoms with van der Waals surface area (Å²) in [6.45, 7) is 7.86. The zero-order valence-electron chi connectivity index (χ0n) is 19.5. The zero-order chi connectivity index (χ0) is 24.4. The van der Waals surface area contributed by atoms with Gasteiger partial charge in [0.1, 0.15) is 5.76 Å². The average molecular weight is 475 g/mol. The molecular formula is C28H27ClN2O3. The first kappa shape index (κ1) is 23.6. The molecule has 1 saturated heterocycles. The molecule has 0 bridgehead atoms. The minimum absolute atomic E-state index is 0.0596. The molecule has 4 rings (SSSR count). The number of aliphatic hydroxyl groups is 1. The lowest BCUT2D eigenvalue weighted by Crippen LogP contribution is -2.29. The van der Waals surface area contributed by atoms with E-state index in [2.05, 4.69) is 18.7 Å². The molecule has 0 spiro atoms. The Hall–Kier alpha value is -3.57. The van der Waals surface area contributed by atoms with Gasteiger partial charge in [0.25, 0.3) is 11.7 Å². The molecule has 1 aliphatic rings. The van der Waals surface area contributed by atoms with Crippen molar-refractivity contribution in [2.75, 3.05) is 22.9 Å². The molecule has 5 nitrogen and oxygen atoms in total. The Kier molecular flexibility index (Phi) is 6.75. The van der Waals surface area contributed by atoms with E-state index in [1.165, 1.54) is 4.90 Å². The molecule has 0 aromatic heterocycles. The van der Waals surface area contributed by atoms with Crippen molar-refractivity contribution in [2.45, 2.75) is 26.8 Å². The van der Waals surface area contributed by atoms with Gasteiger partial charge in [-0.3, -0.25) is 14.5 Å². The maximum absolute atomic E-state index is 13.3. The van der Waals surface area contributed by atoms with Crippen molar-refractivity contribution in [3.63, 3.8) is 0 Å². The van der Waals surface area contributed by atoms with Gasteiger partial charge in [0.05, 0.1) is 11.6 Å². The van der Waals surface area contributed by atoms with Crippen LogP contribution in [-0.2, 0) is 9.59 Å². The highest BCUT2D eigenvalue weighted by Crippen LogP contribution is 2.42. The lowest BCUT2D eigenvalue weighted by Gasteiger charge is -2.27. The van der Waals surface area contributed by atoms with E-state index < -0.39 is 17.7 Å². The van der Waals surface area contributed by atoms with Crippen LogP contribution in [0.2, 0.25) is 5.02 Å². The van der Waals surface area contributed by atoms with Gasteiger partial charge in [0.15, 0.2) is 0 Å². The third-order valence-electron chi connectivity index (χ3n) is 6.18. The van der Waals surface area contributed by atoms with E-state index in [-0.39, 0.29) is 11.3 Å². The van der Waals surface area contributed by atoms with Gasteiger partial charge in [-0.05, 0) is 80.4 Å². The summed E-state index contributed by atoms with van der Waals surface area (Å²) >= 11 is 6.00. The number of benzene rings is 3. The van der Waals surface area contributed by atoms with Crippen molar-refractivity contribution in [1.82, 2.24) is 0 Å². The number of carbonyl (C=O) groups is 2. The SMILES string of the molecule is CCN(CC)c1ccc(C2/C(=C(\O)c3ccc(Cl)cc3)C(=O)C(=O)N2c2cccc(C)c2)cc1. The Balaban J connectivity index is 1.90. The van der Waals surface area contributed by atoms with Crippen LogP contribution >= 0.6 is 11.6 Å². The molecule has 1 amide bonds. The fraction of sp³-hybridized carbons (Fsp3) is 0.214. The van der Waals surface area contributed by atoms with Crippen LogP contribution in [0.4, 0.5) is 11.4 Å². The van der Waals surface area contributed by atoms with Crippen LogP contribution in [0.3, 0.4) is 0 Å². The van der Waals surface area contributed by atoms with Gasteiger partial charge in [0.2, 0.25) is 0 Å². The zero-order valence-corrected chi connectivity index (χ0v) is 20.2. The predicted octanol–water partition coefficient (Wildman–Crippen LogP) is 6.12. The molecule has 0 saturated carbocycles. The monoisotopic (exact) mass is 474 g/mol. The highest BCUT2D eigenvalue weighted by molar-refractivity contribution is 6.51. The minimum Gasteiger partial charge on any atom is -0.507 e. The number of hydrogen-bond acceptors (Lipinski definition) is 4. The maximum atomic E-state index is 13.3. The fourth-order valence-electron chi connectivity index (χ4n) is 4.41. The summed E-state index contributed by atoms with van der Waals surface area (Å²) in [7, 11) is 0. The van der Waals surface area contributed by atoms with E-state index in [0.29, 0.717) is 16.3 Å². The minimum atomic E-state index is -0.761. The van der Waals surface area contributed by atoms with Crippen LogP contribution < -0.4 is 9.80 Å². The van der Waals surface area contributed by atoms with Gasteiger partial charge >= 0.3 is 0 Å². The standard InChI is InChI=1S/C28H27ClN2O3/c1-4-30(5-2)22-15-11-19(12-16-22)25-24(26(32)20-9-13-21(29)14-10-20)27(33)28(34)31(25)23-8-6-7-18(3)17-23/h6-17,25,32H,4-5H2,1-3H3/b26-24+. The molecule has 1 N–H and O–H groups in total. The number of aliphatic hydroxyl groups excluding tert-OH is 1. The molecule has 1 atom stereocenters. The van der Waals surface area contributed by atoms with Crippen molar-refractivity contribution in [3.8, 4) is 0 Å². The van der Waals surface area contributed by atoms with E-state index in [1.807, 2.05) is 49.4 Å². The number of anilines is 2. The van der Waals surface area contributed by atoms with Crippen LogP contribution in [-0.4, -0.2) is 29.9 Å². The molecule has 1 unspecified atom stereocenters. The first-order valence-corrected chi connectivity index (χ1v) is 11.7. The van der Waals surface area contributed by atoms with Gasteiger partial charge in [0, 0.05) is 35.1 Å². The second kappa shape index (κ2) is 9.74. The number of Topliss-reactive ketones (excluding diaryl/α,β-unsaturated/α-hetero) is 1. The average Bonchev–Trinajstić information content (AvgIpc) is 3.11. The van der Waals surface area contributed by atoms with Gasteiger partial charge in [-0.1, -0.05) is 35.9 Å². The Morgan fingerprint density at radius 2 is 1.62 bits per heavy atom. The topological polar surface area (TPSA) is 60.9 Å². The summed E-state index contributed by atoms with van der Waals surface area (Å²) < 4.78 is 0. The first-order chi connectivity index (χ1) is 16.3. The summed E-state index contributed by atoms with van der Waals surface area (Å²) in [5.41, 5.74) is 3.86. The van der Waals surface area contributed by atoms with E-state index in [4.69, 9.17) is 11.6 Å². The number of ketones is 1. The normalized spacial score (nSPS) is 17.3. The van der Waals surface area contributed by atoms with Crippen LogP contribution in [0.25, 0.3) is 5.76 Å². The van der Waals surface area contributed by atoms with Crippen molar-refractivity contribution >= 4 is 40.4 Å². The second-order valence-electron chi connectivity index (χ2n) is 8.28. The molecule has 3 aromatic rings. The molecule has 3 aromatic carbocycles. The molecular weight excluding hydrogens is 448 g/mol. The third-order valence-corrected chi connectivity index (χ3v) is 6.43. The Morgan fingerprint density at radius 1 is 0.971 bits per heavy atom. The van der Waals surface area contributed by atoms with Crippen LogP contribution in [0.1, 0.15) is 36.6 Å². The van der Waals surface area contributed by atoms with E-state index in [0.717, 1.165) is 29.9 Å². The number of amides is 1. The maximum Gasteiger partial charge on any atom is 0.300 e. The third kappa shape index (κ3) is 4.31. The quantitative estimate of drug-likeness (QED) is 0.265. The lowest BCUT2D eigenvalue weighted by molar-refractivity contribution is -0.132. The highest BCUT2D eigenvalue weighted by atomic mass is 35.5.